The molecule has 18 heterocycles. The average molecular weight is 2160 g/mol. The lowest BCUT2D eigenvalue weighted by atomic mass is 9.97. The van der Waals surface area contributed by atoms with Crippen molar-refractivity contribution < 1.29 is 67.1 Å². The maximum atomic E-state index is 14.0. The Bertz CT molecular complexity index is 7470. The Labute approximate surface area is 879 Å². The summed E-state index contributed by atoms with van der Waals surface area (Å²) in [6.45, 7) is 27.7. The van der Waals surface area contributed by atoms with E-state index >= 15 is 0 Å². The summed E-state index contributed by atoms with van der Waals surface area (Å²) in [5.41, 5.74) is 8.42. The first-order chi connectivity index (χ1) is 71.6. The molecule has 10 saturated heterocycles. The number of rotatable bonds is 21. The van der Waals surface area contributed by atoms with Crippen LogP contribution in [-0.4, -0.2) is 311 Å². The molecule has 10 aliphatic rings. The molecule has 10 aliphatic heterocycles. The first-order valence-corrected chi connectivity index (χ1v) is 57.9. The van der Waals surface area contributed by atoms with E-state index in [9.17, 15) is 67.1 Å². The van der Waals surface area contributed by atoms with Gasteiger partial charge in [-0.1, -0.05) is 49.2 Å². The monoisotopic (exact) mass is 2160 g/mol. The number of sulfonamides is 3. The van der Waals surface area contributed by atoms with E-state index in [4.69, 9.17) is 58.5 Å². The minimum atomic E-state index is -4.62. The Morgan fingerprint density at radius 3 is 1.14 bits per heavy atom. The number of likely N-dealkylation sites (tertiary alicyclic amines) is 4. The number of halogens is 6. The van der Waals surface area contributed by atoms with Gasteiger partial charge in [-0.05, 0) is 202 Å². The zero-order chi connectivity index (χ0) is 106. The van der Waals surface area contributed by atoms with Crippen LogP contribution in [0.5, 0.6) is 0 Å². The van der Waals surface area contributed by atoms with Gasteiger partial charge in [0.25, 0.3) is 23.6 Å². The van der Waals surface area contributed by atoms with E-state index in [2.05, 4.69) is 86.5 Å². The molecule has 0 bridgehead atoms. The van der Waals surface area contributed by atoms with Gasteiger partial charge in [0, 0.05) is 195 Å². The van der Waals surface area contributed by atoms with Gasteiger partial charge >= 0.3 is 6.18 Å². The fraction of sp³-hybridized carbons (Fsp3) is 0.495. The molecule has 10 fully saturated rings. The standard InChI is InChI=1S/C28H37ClN8O3S.C27H35ClN8O3S.C26H29F3N6O2.C22H26FN5O3S/c1-3-33-13-15-35(16-14-33)27-19-25(34-10-6-11-34)30-26-18-23(31-37(26)27)24-7-4-5-12-36(24)28(38)21-17-20(29)8-9-22(21)32-41(2,39)40;1-32-12-14-34(15-13-32)26-18-24(33-9-5-10-33)29-25-17-22(30-36(25)26)23-6-3-4-11-35(23)27(37)20-16-19(28)7-8-21(20)31-40(2,38)39;1-16-12-32(13-16)22-11-24(33-14-17(36)15-33)35-23(30-22)10-20(31-35)21-8-4-5-9-34(21)25(37)18-6-2-3-7-19(18)26(27,28)29;1-13-14(2)24-21-12-19(25-28(21)15(13)3)20-7-5-6-10-27(20)22(29)17-11-16(23)8-9-18(17)26-32(4,30)31/h8-9,17-19,24,32H,3-7,10-16H2,1-2H3;7-8,16-18,23,31H,3-6,9-15H2,1-2H3;2-3,6-7,10-11,16-17,21,36H,4-5,8-9,12-15H2,1H3;8-9,11-12,20,26H,5-7,10H2,1-4H3/t24-;23-;21-;20-/m0000/s1. The number of nitrogens with one attached hydrogen (secondary N) is 3. The van der Waals surface area contributed by atoms with E-state index in [0.29, 0.717) is 90.8 Å². The van der Waals surface area contributed by atoms with Gasteiger partial charge in [-0.2, -0.15) is 47.1 Å². The highest BCUT2D eigenvalue weighted by Gasteiger charge is 2.43. The highest BCUT2D eigenvalue weighted by Crippen LogP contribution is 2.44. The normalized spacial score (nSPS) is 19.9. The van der Waals surface area contributed by atoms with Gasteiger partial charge in [0.2, 0.25) is 30.1 Å². The van der Waals surface area contributed by atoms with Gasteiger partial charge in [0.1, 0.15) is 40.7 Å². The summed E-state index contributed by atoms with van der Waals surface area (Å²) in [6.07, 6.45) is 10.2. The minimum absolute atomic E-state index is 0.0212. The highest BCUT2D eigenvalue weighted by atomic mass is 35.5. The van der Waals surface area contributed by atoms with Gasteiger partial charge < -0.3 is 63.9 Å². The number of anilines is 9. The molecule has 0 saturated carbocycles. The molecule has 4 amide bonds. The number of benzene rings is 4. The third kappa shape index (κ3) is 23.3. The van der Waals surface area contributed by atoms with Crippen LogP contribution < -0.4 is 43.6 Å². The Morgan fingerprint density at radius 1 is 0.407 bits per heavy atom. The number of likely N-dealkylation sites (N-methyl/N-ethyl adjacent to an activating group) is 2. The first-order valence-electron chi connectivity index (χ1n) is 51.5. The zero-order valence-corrected chi connectivity index (χ0v) is 89.5. The Hall–Kier alpha value is -12.5. The van der Waals surface area contributed by atoms with Crippen LogP contribution in [0.15, 0.2) is 121 Å². The fourth-order valence-electron chi connectivity index (χ4n) is 21.5. The highest BCUT2D eigenvalue weighted by molar-refractivity contribution is 7.92. The summed E-state index contributed by atoms with van der Waals surface area (Å²) in [6, 6.07) is 30.4. The van der Waals surface area contributed by atoms with Crippen molar-refractivity contribution in [2.75, 3.05) is 207 Å². The van der Waals surface area contributed by atoms with Gasteiger partial charge in [0.05, 0.1) is 117 Å². The lowest BCUT2D eigenvalue weighted by Crippen LogP contribution is -2.52. The topological polar surface area (TPSA) is 387 Å². The molecule has 800 valence electrons. The number of β-amino-alcohol motifs (C(OH)–C–C–N with tert-alkyl or cyclic N) is 1. The third-order valence-corrected chi connectivity index (χ3v) is 32.2. The lowest BCUT2D eigenvalue weighted by Gasteiger charge is -2.40. The number of amides is 4. The average Bonchev–Trinajstić information content (AvgIpc) is 1.55. The van der Waals surface area contributed by atoms with Crippen LogP contribution in [0, 0.1) is 32.5 Å². The van der Waals surface area contributed by atoms with Crippen molar-refractivity contribution in [3.63, 3.8) is 0 Å². The number of aliphatic hydroxyl groups is 1. The largest absolute Gasteiger partial charge is 0.417 e. The van der Waals surface area contributed by atoms with E-state index in [1.807, 2.05) is 65.0 Å². The second kappa shape index (κ2) is 43.7. The predicted octanol–water partition coefficient (Wildman–Crippen LogP) is 13.8. The molecule has 0 aliphatic carbocycles. The van der Waals surface area contributed by atoms with Crippen molar-refractivity contribution in [2.24, 2.45) is 5.92 Å². The van der Waals surface area contributed by atoms with Crippen molar-refractivity contribution in [3.8, 4) is 0 Å². The number of hydrogen-bond acceptors (Lipinski definition) is 27. The number of fused-ring (bicyclic) bond motifs is 4. The van der Waals surface area contributed by atoms with Gasteiger partial charge in [-0.15, -0.1) is 0 Å². The molecule has 4 aromatic carbocycles. The van der Waals surface area contributed by atoms with E-state index in [1.54, 1.807) is 35.9 Å². The van der Waals surface area contributed by atoms with E-state index < -0.39 is 71.6 Å². The van der Waals surface area contributed by atoms with Gasteiger partial charge in [-0.3, -0.25) is 33.3 Å². The summed E-state index contributed by atoms with van der Waals surface area (Å²) >= 11 is 12.5. The number of carbonyl (C=O) groups excluding carboxylic acids is 4. The van der Waals surface area contributed by atoms with Crippen molar-refractivity contribution in [3.05, 3.63) is 205 Å². The van der Waals surface area contributed by atoms with Crippen molar-refractivity contribution in [1.29, 1.82) is 0 Å². The maximum absolute atomic E-state index is 14.0. The van der Waals surface area contributed by atoms with E-state index in [-0.39, 0.29) is 69.3 Å². The molecular weight excluding hydrogens is 2030 g/mol. The number of piperidine rings is 4. The molecule has 12 aromatic rings. The number of hydrogen-bond donors (Lipinski definition) is 4. The van der Waals surface area contributed by atoms with Crippen molar-refractivity contribution >= 4 is 151 Å². The minimum Gasteiger partial charge on any atom is -0.389 e. The molecule has 0 unspecified atom stereocenters. The van der Waals surface area contributed by atoms with Crippen LogP contribution in [0.2, 0.25) is 10.0 Å². The summed E-state index contributed by atoms with van der Waals surface area (Å²) in [7, 11) is -8.67. The smallest absolute Gasteiger partial charge is 0.389 e. The number of aliphatic hydroxyl groups excluding tert-OH is 1. The summed E-state index contributed by atoms with van der Waals surface area (Å²) in [5, 5.41) is 30.3. The zero-order valence-electron chi connectivity index (χ0n) is 85.5. The molecule has 22 rings (SSSR count). The fourth-order valence-corrected chi connectivity index (χ4v) is 23.5. The van der Waals surface area contributed by atoms with Crippen LogP contribution >= 0.6 is 23.2 Å². The van der Waals surface area contributed by atoms with E-state index in [1.165, 1.54) is 66.3 Å². The van der Waals surface area contributed by atoms with Crippen LogP contribution in [0.4, 0.5) is 69.5 Å². The first kappa shape index (κ1) is 106. The van der Waals surface area contributed by atoms with Crippen molar-refractivity contribution in [2.45, 2.75) is 161 Å². The molecule has 150 heavy (non-hydrogen) atoms. The van der Waals surface area contributed by atoms with Crippen LogP contribution in [0.1, 0.15) is 215 Å². The maximum Gasteiger partial charge on any atom is 0.417 e. The number of aryl methyl sites for hydroxylation is 2. The van der Waals surface area contributed by atoms with Gasteiger partial charge in [-0.25, -0.2) is 54.1 Å². The molecular formula is C103H127Cl2F4N27O11S3. The molecule has 4 N–H and O–H groups in total. The molecule has 0 spiro atoms. The third-order valence-electron chi connectivity index (χ3n) is 29.9. The second-order valence-electron chi connectivity index (χ2n) is 40.9. The summed E-state index contributed by atoms with van der Waals surface area (Å²) in [4.78, 5) is 99.5. The quantitative estimate of drug-likeness (QED) is 0.0485. The molecule has 4 atom stereocenters. The van der Waals surface area contributed by atoms with Crippen LogP contribution in [0.3, 0.4) is 0 Å². The lowest BCUT2D eigenvalue weighted by molar-refractivity contribution is -0.138. The van der Waals surface area contributed by atoms with Crippen molar-refractivity contribution in [1.82, 2.24) is 87.8 Å². The Morgan fingerprint density at radius 2 is 0.767 bits per heavy atom. The molecule has 8 aromatic heterocycles. The molecule has 47 heteroatoms. The van der Waals surface area contributed by atoms with E-state index in [0.717, 1.165) is 274 Å². The number of nitrogens with zero attached hydrogens (tertiary/aromatic N) is 24. The predicted molar refractivity (Wildman–Crippen MR) is 570 cm³/mol. The summed E-state index contributed by atoms with van der Waals surface area (Å²) < 4.78 is 141. The van der Waals surface area contributed by atoms with Crippen LogP contribution in [0.25, 0.3) is 22.6 Å². The second-order valence-corrected chi connectivity index (χ2v) is 47.0. The number of piperazine rings is 2. The summed E-state index contributed by atoms with van der Waals surface area (Å²) in [5.74, 6) is 4.00. The van der Waals surface area contributed by atoms with Crippen LogP contribution in [-0.2, 0) is 36.2 Å². The number of alkyl halides is 3. The molecule has 38 nitrogen and oxygen atoms in total. The number of aromatic nitrogens is 12. The number of carbonyl (C=O) groups is 4. The Kier molecular flexibility index (Phi) is 30.8. The molecule has 0 radical (unpaired) electrons. The Balaban J connectivity index is 0.000000126. The van der Waals surface area contributed by atoms with Gasteiger partial charge in [0.15, 0.2) is 22.6 Å². The SMILES string of the molecule is CC1CN(c2cc(N3CC(O)C3)n3nc([C@@H]4CCCCN4C(=O)c4ccccc4C(F)(F)F)cc3n2)C1.CCN1CCN(c2cc(N3CCC3)nc3cc([C@@H]4CCCCN4C(=O)c4cc(Cl)ccc4NS(C)(=O)=O)nn23)CC1.CN1CCN(c2cc(N3CCC3)nc3cc([C@@H]4CCCCN4C(=O)c4cc(Cl)ccc4NS(C)(=O)=O)nn23)CC1.Cc1nc2cc([C@@H]3CCCCN3C(=O)c3cc(F)ccc3NS(C)(=O)=O)nn2c(C)c1C.